The Labute approximate surface area is 155 Å². The van der Waals surface area contributed by atoms with Crippen molar-refractivity contribution in [1.82, 2.24) is 19.6 Å². The molecule has 0 unspecified atom stereocenters. The molecule has 6 nitrogen and oxygen atoms in total. The van der Waals surface area contributed by atoms with Gasteiger partial charge in [-0.1, -0.05) is 29.3 Å². The van der Waals surface area contributed by atoms with Crippen molar-refractivity contribution < 1.29 is 4.79 Å². The van der Waals surface area contributed by atoms with Crippen LogP contribution in [0.4, 0.5) is 5.82 Å². The highest BCUT2D eigenvalue weighted by Crippen LogP contribution is 2.26. The number of aromatic nitrogens is 4. The highest BCUT2D eigenvalue weighted by molar-refractivity contribution is 6.35. The summed E-state index contributed by atoms with van der Waals surface area (Å²) >= 11 is 12.4. The van der Waals surface area contributed by atoms with Crippen LogP contribution in [0.2, 0.25) is 10.0 Å². The Bertz CT molecular complexity index is 924. The van der Waals surface area contributed by atoms with Crippen LogP contribution in [0.5, 0.6) is 0 Å². The number of hydrogen-bond acceptors (Lipinski definition) is 3. The second-order valence-corrected chi connectivity index (χ2v) is 6.56. The number of carbonyl (C=O) groups excluding carboxylic acids is 1. The standard InChI is InChI=1S/C17H17Cl2N5O/c1-10-7-16(21-17(25)12-8-20-23(3)11(12)2)22-24(10)9-13-14(18)5-4-6-15(13)19/h4-8H,9H2,1-3H3,(H,21,22,25). The van der Waals surface area contributed by atoms with Crippen LogP contribution in [-0.4, -0.2) is 25.5 Å². The Hall–Kier alpha value is -2.31. The summed E-state index contributed by atoms with van der Waals surface area (Å²) in [6, 6.07) is 7.17. The van der Waals surface area contributed by atoms with Gasteiger partial charge in [0, 0.05) is 40.1 Å². The molecule has 0 atom stereocenters. The monoisotopic (exact) mass is 377 g/mol. The average molecular weight is 378 g/mol. The fraction of sp³-hybridized carbons (Fsp3) is 0.235. The molecule has 0 saturated carbocycles. The van der Waals surface area contributed by atoms with Crippen LogP contribution in [0.25, 0.3) is 0 Å². The van der Waals surface area contributed by atoms with E-state index in [4.69, 9.17) is 23.2 Å². The summed E-state index contributed by atoms with van der Waals surface area (Å²) in [5, 5.41) is 12.5. The molecule has 1 N–H and O–H groups in total. The number of halogens is 2. The molecule has 0 fully saturated rings. The molecule has 25 heavy (non-hydrogen) atoms. The first-order valence-corrected chi connectivity index (χ1v) is 8.39. The Morgan fingerprint density at radius 3 is 2.52 bits per heavy atom. The van der Waals surface area contributed by atoms with Gasteiger partial charge in [-0.3, -0.25) is 14.2 Å². The summed E-state index contributed by atoms with van der Waals surface area (Å²) < 4.78 is 3.40. The van der Waals surface area contributed by atoms with Crippen LogP contribution in [0.3, 0.4) is 0 Å². The van der Waals surface area contributed by atoms with Gasteiger partial charge >= 0.3 is 0 Å². The highest BCUT2D eigenvalue weighted by Gasteiger charge is 2.16. The van der Waals surface area contributed by atoms with Gasteiger partial charge in [-0.15, -0.1) is 0 Å². The number of carbonyl (C=O) groups is 1. The number of nitrogens with one attached hydrogen (secondary N) is 1. The zero-order chi connectivity index (χ0) is 18.1. The van der Waals surface area contributed by atoms with Gasteiger partial charge in [-0.25, -0.2) is 0 Å². The maximum atomic E-state index is 12.4. The molecule has 130 valence electrons. The molecule has 0 aliphatic rings. The molecule has 0 saturated heterocycles. The van der Waals surface area contributed by atoms with Gasteiger partial charge in [0.25, 0.3) is 5.91 Å². The Morgan fingerprint density at radius 1 is 1.24 bits per heavy atom. The summed E-state index contributed by atoms with van der Waals surface area (Å²) in [5.74, 6) is 0.222. The molecule has 0 radical (unpaired) electrons. The number of amides is 1. The third-order valence-corrected chi connectivity index (χ3v) is 4.78. The molecule has 8 heteroatoms. The Kier molecular flexibility index (Phi) is 4.83. The predicted octanol–water partition coefficient (Wildman–Crippen LogP) is 3.84. The number of anilines is 1. The van der Waals surface area contributed by atoms with E-state index in [1.165, 1.54) is 6.20 Å². The number of hydrogen-bond donors (Lipinski definition) is 1. The van der Waals surface area contributed by atoms with Crippen LogP contribution in [0.15, 0.2) is 30.5 Å². The van der Waals surface area contributed by atoms with Crippen molar-refractivity contribution in [3.63, 3.8) is 0 Å². The van der Waals surface area contributed by atoms with Crippen molar-refractivity contribution in [3.8, 4) is 0 Å². The maximum Gasteiger partial charge on any atom is 0.260 e. The molecule has 0 spiro atoms. The van der Waals surface area contributed by atoms with Crippen molar-refractivity contribution in [3.05, 3.63) is 63.0 Å². The summed E-state index contributed by atoms with van der Waals surface area (Å²) in [6.07, 6.45) is 1.54. The van der Waals surface area contributed by atoms with Crippen molar-refractivity contribution in [1.29, 1.82) is 0 Å². The first kappa shape index (κ1) is 17.5. The van der Waals surface area contributed by atoms with Gasteiger partial charge in [0.15, 0.2) is 5.82 Å². The maximum absolute atomic E-state index is 12.4. The number of rotatable bonds is 4. The zero-order valence-corrected chi connectivity index (χ0v) is 15.6. The van der Waals surface area contributed by atoms with Gasteiger partial charge in [0.2, 0.25) is 0 Å². The lowest BCUT2D eigenvalue weighted by Gasteiger charge is -2.08. The molecule has 0 aliphatic carbocycles. The Morgan fingerprint density at radius 2 is 1.92 bits per heavy atom. The normalized spacial score (nSPS) is 10.9. The minimum absolute atomic E-state index is 0.244. The van der Waals surface area contributed by atoms with Crippen LogP contribution >= 0.6 is 23.2 Å². The lowest BCUT2D eigenvalue weighted by molar-refractivity contribution is 0.102. The third kappa shape index (κ3) is 3.55. The van der Waals surface area contributed by atoms with E-state index in [9.17, 15) is 4.79 Å². The summed E-state index contributed by atoms with van der Waals surface area (Å²) in [6.45, 7) is 4.17. The molecule has 2 aromatic heterocycles. The SMILES string of the molecule is Cc1c(C(=O)Nc2cc(C)n(Cc3c(Cl)cccc3Cl)n2)cnn1C. The van der Waals surface area contributed by atoms with E-state index in [0.717, 1.165) is 17.0 Å². The number of aryl methyl sites for hydroxylation is 2. The van der Waals surface area contributed by atoms with Crippen molar-refractivity contribution in [2.75, 3.05) is 5.32 Å². The van der Waals surface area contributed by atoms with E-state index in [2.05, 4.69) is 15.5 Å². The second-order valence-electron chi connectivity index (χ2n) is 5.75. The van der Waals surface area contributed by atoms with Crippen LogP contribution in [0, 0.1) is 13.8 Å². The van der Waals surface area contributed by atoms with Gasteiger partial charge in [-0.2, -0.15) is 10.2 Å². The lowest BCUT2D eigenvalue weighted by Crippen LogP contribution is -2.14. The molecular weight excluding hydrogens is 361 g/mol. The molecular formula is C17H17Cl2N5O. The van der Waals surface area contributed by atoms with E-state index in [-0.39, 0.29) is 5.91 Å². The van der Waals surface area contributed by atoms with Crippen LogP contribution < -0.4 is 5.32 Å². The van der Waals surface area contributed by atoms with Gasteiger partial charge in [0.05, 0.1) is 18.3 Å². The third-order valence-electron chi connectivity index (χ3n) is 4.07. The Balaban J connectivity index is 1.81. The summed E-state index contributed by atoms with van der Waals surface area (Å²) in [5.41, 5.74) is 2.98. The van der Waals surface area contributed by atoms with E-state index in [1.54, 1.807) is 40.7 Å². The molecule has 1 aromatic carbocycles. The van der Waals surface area contributed by atoms with Gasteiger partial charge in [-0.05, 0) is 26.0 Å². The topological polar surface area (TPSA) is 64.7 Å². The molecule has 0 bridgehead atoms. The number of benzene rings is 1. The molecule has 3 rings (SSSR count). The van der Waals surface area contributed by atoms with Gasteiger partial charge in [0.1, 0.15) is 0 Å². The van der Waals surface area contributed by atoms with E-state index in [0.29, 0.717) is 28.0 Å². The highest BCUT2D eigenvalue weighted by atomic mass is 35.5. The largest absolute Gasteiger partial charge is 0.305 e. The summed E-state index contributed by atoms with van der Waals surface area (Å²) in [7, 11) is 1.79. The minimum Gasteiger partial charge on any atom is -0.305 e. The first-order chi connectivity index (χ1) is 11.9. The van der Waals surface area contributed by atoms with E-state index >= 15 is 0 Å². The van der Waals surface area contributed by atoms with Crippen LogP contribution in [0.1, 0.15) is 27.3 Å². The van der Waals surface area contributed by atoms with Crippen molar-refractivity contribution in [2.45, 2.75) is 20.4 Å². The smallest absolute Gasteiger partial charge is 0.260 e. The molecule has 0 aliphatic heterocycles. The first-order valence-electron chi connectivity index (χ1n) is 7.64. The quantitative estimate of drug-likeness (QED) is 0.750. The fourth-order valence-corrected chi connectivity index (χ4v) is 2.99. The van der Waals surface area contributed by atoms with Crippen molar-refractivity contribution >= 4 is 34.9 Å². The predicted molar refractivity (Wildman–Crippen MR) is 98.4 cm³/mol. The summed E-state index contributed by atoms with van der Waals surface area (Å²) in [4.78, 5) is 12.4. The fourth-order valence-electron chi connectivity index (χ4n) is 2.47. The van der Waals surface area contributed by atoms with E-state index < -0.39 is 0 Å². The van der Waals surface area contributed by atoms with Crippen LogP contribution in [-0.2, 0) is 13.6 Å². The average Bonchev–Trinajstić information content (AvgIpc) is 3.06. The molecule has 2 heterocycles. The van der Waals surface area contributed by atoms with Gasteiger partial charge < -0.3 is 5.32 Å². The minimum atomic E-state index is -0.244. The lowest BCUT2D eigenvalue weighted by atomic mass is 10.2. The zero-order valence-electron chi connectivity index (χ0n) is 14.0. The van der Waals surface area contributed by atoms with E-state index in [1.807, 2.05) is 13.8 Å². The molecule has 3 aromatic rings. The van der Waals surface area contributed by atoms with Crippen molar-refractivity contribution in [2.24, 2.45) is 7.05 Å². The molecule has 1 amide bonds. The second kappa shape index (κ2) is 6.90. The number of nitrogens with zero attached hydrogens (tertiary/aromatic N) is 4.